The normalized spacial score (nSPS) is 10.0. The van der Waals surface area contributed by atoms with Gasteiger partial charge in [0, 0.05) is 5.69 Å². The summed E-state index contributed by atoms with van der Waals surface area (Å²) in [6.45, 7) is 0. The molecule has 8 nitrogen and oxygen atoms in total. The predicted octanol–water partition coefficient (Wildman–Crippen LogP) is 2.68. The summed E-state index contributed by atoms with van der Waals surface area (Å²) in [5, 5.41) is 14.2. The number of nitrogen functional groups attached to an aromatic ring is 1. The summed E-state index contributed by atoms with van der Waals surface area (Å²) in [7, 11) is 1.51. The Hall–Kier alpha value is -2.58. The van der Waals surface area contributed by atoms with Crippen LogP contribution in [0.15, 0.2) is 30.3 Å². The van der Waals surface area contributed by atoms with E-state index in [0.29, 0.717) is 16.5 Å². The summed E-state index contributed by atoms with van der Waals surface area (Å²) in [6, 6.07) is 7.52. The van der Waals surface area contributed by atoms with Gasteiger partial charge in [0.05, 0.1) is 29.2 Å². The molecule has 0 fully saturated rings. The van der Waals surface area contributed by atoms with Crippen LogP contribution in [0.4, 0.5) is 23.0 Å². The molecular formula is C12H12ClN5O3. The van der Waals surface area contributed by atoms with Crippen LogP contribution >= 0.6 is 11.6 Å². The van der Waals surface area contributed by atoms with Crippen LogP contribution in [-0.2, 0) is 0 Å². The van der Waals surface area contributed by atoms with Gasteiger partial charge >= 0.3 is 0 Å². The van der Waals surface area contributed by atoms with Crippen molar-refractivity contribution < 1.29 is 9.66 Å². The van der Waals surface area contributed by atoms with E-state index in [-0.39, 0.29) is 17.3 Å². The summed E-state index contributed by atoms with van der Waals surface area (Å²) < 4.78 is 5.05. The summed E-state index contributed by atoms with van der Waals surface area (Å²) in [4.78, 5) is 14.4. The highest BCUT2D eigenvalue weighted by molar-refractivity contribution is 6.32. The number of nitro groups is 1. The molecule has 0 aliphatic heterocycles. The fourth-order valence-corrected chi connectivity index (χ4v) is 1.91. The molecule has 2 aromatic rings. The lowest BCUT2D eigenvalue weighted by atomic mass is 10.3. The van der Waals surface area contributed by atoms with Crippen LogP contribution in [0, 0.1) is 10.1 Å². The lowest BCUT2D eigenvalue weighted by Gasteiger charge is -2.09. The number of ether oxygens (including phenoxy) is 1. The molecule has 1 aromatic carbocycles. The predicted molar refractivity (Wildman–Crippen MR) is 80.0 cm³/mol. The number of hydrogen-bond donors (Lipinski definition) is 3. The number of hydrazine groups is 1. The van der Waals surface area contributed by atoms with Crippen LogP contribution in [0.1, 0.15) is 0 Å². The Labute approximate surface area is 125 Å². The van der Waals surface area contributed by atoms with Crippen LogP contribution in [-0.4, -0.2) is 17.0 Å². The van der Waals surface area contributed by atoms with Gasteiger partial charge in [-0.1, -0.05) is 11.6 Å². The molecule has 0 amide bonds. The van der Waals surface area contributed by atoms with E-state index in [1.807, 2.05) is 0 Å². The third kappa shape index (κ3) is 3.50. The summed E-state index contributed by atoms with van der Waals surface area (Å²) >= 11 is 6.01. The fraction of sp³-hybridized carbons (Fsp3) is 0.0833. The first-order valence-corrected chi connectivity index (χ1v) is 6.15. The van der Waals surface area contributed by atoms with Gasteiger partial charge in [0.1, 0.15) is 17.4 Å². The number of pyridine rings is 1. The smallest absolute Gasteiger partial charge is 0.276 e. The molecule has 0 bridgehead atoms. The Balaban J connectivity index is 2.32. The SMILES string of the molecule is COc1ccc(Nc2cc([N+](=O)[O-])cc(NN)n2)cc1Cl. The number of benzene rings is 1. The average Bonchev–Trinajstić information content (AvgIpc) is 2.47. The van der Waals surface area contributed by atoms with E-state index in [1.165, 1.54) is 19.2 Å². The summed E-state index contributed by atoms with van der Waals surface area (Å²) in [5.41, 5.74) is 2.75. The molecule has 0 spiro atoms. The summed E-state index contributed by atoms with van der Waals surface area (Å²) in [5.74, 6) is 6.20. The highest BCUT2D eigenvalue weighted by atomic mass is 35.5. The first-order chi connectivity index (χ1) is 10.0. The zero-order valence-corrected chi connectivity index (χ0v) is 11.7. The van der Waals surface area contributed by atoms with Gasteiger partial charge < -0.3 is 15.5 Å². The van der Waals surface area contributed by atoms with Crippen molar-refractivity contribution in [3.05, 3.63) is 45.5 Å². The molecule has 2 rings (SSSR count). The highest BCUT2D eigenvalue weighted by Gasteiger charge is 2.11. The number of nitrogens with one attached hydrogen (secondary N) is 2. The van der Waals surface area contributed by atoms with Crippen LogP contribution in [0.2, 0.25) is 5.02 Å². The Morgan fingerprint density at radius 1 is 1.33 bits per heavy atom. The van der Waals surface area contributed by atoms with Crippen LogP contribution in [0.25, 0.3) is 0 Å². The second-order valence-corrected chi connectivity index (χ2v) is 4.38. The van der Waals surface area contributed by atoms with E-state index in [4.69, 9.17) is 22.2 Å². The lowest BCUT2D eigenvalue weighted by molar-refractivity contribution is -0.384. The van der Waals surface area contributed by atoms with Gasteiger partial charge in [-0.3, -0.25) is 10.1 Å². The number of nitrogens with two attached hydrogens (primary N) is 1. The Bertz CT molecular complexity index is 680. The van der Waals surface area contributed by atoms with Crippen LogP contribution < -0.4 is 21.3 Å². The van der Waals surface area contributed by atoms with E-state index in [2.05, 4.69) is 15.7 Å². The fourth-order valence-electron chi connectivity index (χ4n) is 1.65. The van der Waals surface area contributed by atoms with Crippen molar-refractivity contribution in [2.75, 3.05) is 17.9 Å². The van der Waals surface area contributed by atoms with Crippen molar-refractivity contribution in [2.45, 2.75) is 0 Å². The molecule has 1 aromatic heterocycles. The standard InChI is InChI=1S/C12H12ClN5O3/c1-21-10-3-2-7(4-9(10)13)15-11-5-8(18(19)20)6-12(16-11)17-14/h2-6H,14H2,1H3,(H2,15,16,17). The van der Waals surface area contributed by atoms with Crippen molar-refractivity contribution in [1.82, 2.24) is 4.98 Å². The van der Waals surface area contributed by atoms with E-state index in [1.54, 1.807) is 18.2 Å². The number of methoxy groups -OCH3 is 1. The number of aromatic nitrogens is 1. The van der Waals surface area contributed by atoms with Crippen LogP contribution in [0.3, 0.4) is 0 Å². The van der Waals surface area contributed by atoms with Crippen molar-refractivity contribution in [1.29, 1.82) is 0 Å². The monoisotopic (exact) mass is 309 g/mol. The molecular weight excluding hydrogens is 298 g/mol. The van der Waals surface area contributed by atoms with Crippen LogP contribution in [0.5, 0.6) is 5.75 Å². The first-order valence-electron chi connectivity index (χ1n) is 5.77. The number of halogens is 1. The van der Waals surface area contributed by atoms with Gasteiger partial charge in [0.2, 0.25) is 0 Å². The molecule has 0 aliphatic rings. The molecule has 0 radical (unpaired) electrons. The maximum absolute atomic E-state index is 10.9. The van der Waals surface area contributed by atoms with E-state index >= 15 is 0 Å². The number of hydrogen-bond acceptors (Lipinski definition) is 7. The Kier molecular flexibility index (Phi) is 4.41. The second-order valence-electron chi connectivity index (χ2n) is 3.97. The first kappa shape index (κ1) is 14.8. The molecule has 21 heavy (non-hydrogen) atoms. The zero-order valence-electron chi connectivity index (χ0n) is 11.0. The highest BCUT2D eigenvalue weighted by Crippen LogP contribution is 2.29. The van der Waals surface area contributed by atoms with Gasteiger partial charge in [-0.25, -0.2) is 10.8 Å². The average molecular weight is 310 g/mol. The largest absolute Gasteiger partial charge is 0.495 e. The quantitative estimate of drug-likeness (QED) is 0.441. The number of anilines is 3. The van der Waals surface area contributed by atoms with Gasteiger partial charge in [-0.05, 0) is 18.2 Å². The minimum Gasteiger partial charge on any atom is -0.495 e. The van der Waals surface area contributed by atoms with Crippen molar-refractivity contribution in [2.24, 2.45) is 5.84 Å². The summed E-state index contributed by atoms with van der Waals surface area (Å²) in [6.07, 6.45) is 0. The Morgan fingerprint density at radius 2 is 2.05 bits per heavy atom. The zero-order chi connectivity index (χ0) is 15.4. The molecule has 0 saturated carbocycles. The van der Waals surface area contributed by atoms with Gasteiger partial charge in [-0.2, -0.15) is 0 Å². The number of nitrogens with zero attached hydrogens (tertiary/aromatic N) is 2. The molecule has 0 unspecified atom stereocenters. The third-order valence-electron chi connectivity index (χ3n) is 2.59. The maximum atomic E-state index is 10.9. The lowest BCUT2D eigenvalue weighted by Crippen LogP contribution is -2.10. The molecule has 0 atom stereocenters. The van der Waals surface area contributed by atoms with E-state index < -0.39 is 4.92 Å². The van der Waals surface area contributed by atoms with Crippen molar-refractivity contribution in [3.63, 3.8) is 0 Å². The second kappa shape index (κ2) is 6.25. The molecule has 9 heteroatoms. The minimum absolute atomic E-state index is 0.139. The maximum Gasteiger partial charge on any atom is 0.276 e. The molecule has 110 valence electrons. The van der Waals surface area contributed by atoms with Crippen molar-refractivity contribution in [3.8, 4) is 5.75 Å². The van der Waals surface area contributed by atoms with Gasteiger partial charge in [0.25, 0.3) is 5.69 Å². The third-order valence-corrected chi connectivity index (χ3v) is 2.89. The molecule has 0 saturated heterocycles. The van der Waals surface area contributed by atoms with E-state index in [9.17, 15) is 10.1 Å². The number of rotatable bonds is 5. The molecule has 1 heterocycles. The van der Waals surface area contributed by atoms with Crippen molar-refractivity contribution >= 4 is 34.6 Å². The Morgan fingerprint density at radius 3 is 2.62 bits per heavy atom. The van der Waals surface area contributed by atoms with Gasteiger partial charge in [0.15, 0.2) is 0 Å². The minimum atomic E-state index is -0.533. The molecule has 0 aliphatic carbocycles. The van der Waals surface area contributed by atoms with E-state index in [0.717, 1.165) is 0 Å². The topological polar surface area (TPSA) is 115 Å². The van der Waals surface area contributed by atoms with Gasteiger partial charge in [-0.15, -0.1) is 0 Å². The molecule has 4 N–H and O–H groups in total.